The molecule has 15 heteroatoms. The van der Waals surface area contributed by atoms with Crippen LogP contribution in [-0.2, 0) is 35.8 Å². The van der Waals surface area contributed by atoms with E-state index < -0.39 is 65.9 Å². The predicted molar refractivity (Wildman–Crippen MR) is 171 cm³/mol. The molecular weight excluding hydrogens is 639 g/mol. The van der Waals surface area contributed by atoms with Crippen LogP contribution in [-0.4, -0.2) is 79.3 Å². The zero-order valence-electron chi connectivity index (χ0n) is 27.6. The first kappa shape index (κ1) is 35.7. The van der Waals surface area contributed by atoms with Crippen LogP contribution in [0.1, 0.15) is 70.6 Å². The van der Waals surface area contributed by atoms with Crippen LogP contribution in [0.2, 0.25) is 0 Å². The molecule has 1 aliphatic carbocycles. The van der Waals surface area contributed by atoms with E-state index in [1.807, 2.05) is 6.07 Å². The second-order valence-corrected chi connectivity index (χ2v) is 13.4. The molecule has 2 aromatic heterocycles. The summed E-state index contributed by atoms with van der Waals surface area (Å²) in [4.78, 5) is 43.3. The van der Waals surface area contributed by atoms with Gasteiger partial charge < -0.3 is 35.1 Å². The number of hydrogen-bond donors (Lipinski definition) is 4. The lowest BCUT2D eigenvalue weighted by Crippen LogP contribution is -2.47. The van der Waals surface area contributed by atoms with Gasteiger partial charge in [0, 0.05) is 12.8 Å². The Morgan fingerprint density at radius 3 is 2.53 bits per heavy atom. The van der Waals surface area contributed by atoms with Crippen LogP contribution in [0.25, 0.3) is 5.52 Å². The lowest BCUT2D eigenvalue weighted by molar-refractivity contribution is -0.158. The van der Waals surface area contributed by atoms with Gasteiger partial charge in [0.25, 0.3) is 0 Å². The molecule has 2 aliphatic rings. The Hall–Kier alpha value is -4.65. The smallest absolute Gasteiger partial charge is 0.408 e. The maximum Gasteiger partial charge on any atom is 0.408 e. The number of nitrogens with one attached hydrogen (secondary N) is 2. The summed E-state index contributed by atoms with van der Waals surface area (Å²) in [6.45, 7) is 4.39. The minimum Gasteiger partial charge on any atom is -0.457 e. The normalized spacial score (nSPS) is 23.4. The number of nitrogens with zero attached hydrogens (tertiary/aromatic N) is 4. The van der Waals surface area contributed by atoms with Gasteiger partial charge in [0.05, 0.1) is 12.3 Å². The lowest BCUT2D eigenvalue weighted by Gasteiger charge is -2.26. The number of esters is 1. The summed E-state index contributed by atoms with van der Waals surface area (Å²) in [5.74, 6) is -1.53. The third kappa shape index (κ3) is 8.15. The number of carbonyl (C=O) groups is 3. The van der Waals surface area contributed by atoms with Crippen molar-refractivity contribution in [2.45, 2.75) is 101 Å². The van der Waals surface area contributed by atoms with Crippen molar-refractivity contribution in [1.82, 2.24) is 19.9 Å². The zero-order valence-corrected chi connectivity index (χ0v) is 27.6. The number of anilines is 1. The highest BCUT2D eigenvalue weighted by atomic mass is 19.1. The molecule has 49 heavy (non-hydrogen) atoms. The molecule has 262 valence electrons. The van der Waals surface area contributed by atoms with Gasteiger partial charge in [0.1, 0.15) is 47.6 Å². The number of aliphatic hydroxyl groups excluding tert-OH is 2. The number of amides is 2. The Labute approximate surface area is 282 Å². The molecule has 1 aromatic carbocycles. The van der Waals surface area contributed by atoms with Gasteiger partial charge in [-0.15, -0.1) is 0 Å². The van der Waals surface area contributed by atoms with Crippen molar-refractivity contribution in [1.29, 1.82) is 5.26 Å². The summed E-state index contributed by atoms with van der Waals surface area (Å²) < 4.78 is 31.7. The Bertz CT molecular complexity index is 1700. The van der Waals surface area contributed by atoms with Crippen molar-refractivity contribution in [3.05, 3.63) is 59.8 Å². The molecule has 0 bridgehead atoms. The molecule has 2 fully saturated rings. The van der Waals surface area contributed by atoms with E-state index in [4.69, 9.17) is 14.2 Å². The van der Waals surface area contributed by atoms with E-state index in [1.165, 1.54) is 40.9 Å². The molecule has 0 radical (unpaired) electrons. The van der Waals surface area contributed by atoms with Crippen molar-refractivity contribution >= 4 is 29.3 Å². The number of hydrogen-bond acceptors (Lipinski definition) is 11. The van der Waals surface area contributed by atoms with E-state index in [9.17, 15) is 34.2 Å². The van der Waals surface area contributed by atoms with Crippen molar-refractivity contribution in [3.8, 4) is 6.07 Å². The van der Waals surface area contributed by atoms with E-state index in [1.54, 1.807) is 20.8 Å². The molecule has 5 rings (SSSR count). The number of benzene rings is 1. The van der Waals surface area contributed by atoms with Crippen LogP contribution >= 0.6 is 0 Å². The fourth-order valence-corrected chi connectivity index (χ4v) is 6.31. The fourth-order valence-electron chi connectivity index (χ4n) is 6.31. The van der Waals surface area contributed by atoms with Crippen molar-refractivity contribution in [2.75, 3.05) is 11.9 Å². The third-order valence-electron chi connectivity index (χ3n) is 8.66. The summed E-state index contributed by atoms with van der Waals surface area (Å²) in [7, 11) is 0. The second kappa shape index (κ2) is 14.9. The largest absolute Gasteiger partial charge is 0.457 e. The first-order chi connectivity index (χ1) is 23.3. The summed E-state index contributed by atoms with van der Waals surface area (Å²) in [6, 6.07) is 9.21. The van der Waals surface area contributed by atoms with E-state index in [0.717, 1.165) is 38.4 Å². The minimum atomic E-state index is -2.12. The van der Waals surface area contributed by atoms with Gasteiger partial charge >= 0.3 is 12.1 Å². The quantitative estimate of drug-likeness (QED) is 0.229. The molecule has 3 heterocycles. The molecular formula is C34H41FN6O8. The number of fused-ring (bicyclic) bond motifs is 1. The number of halogens is 1. The maximum atomic E-state index is 13.6. The van der Waals surface area contributed by atoms with Gasteiger partial charge in [-0.25, -0.2) is 18.7 Å². The second-order valence-electron chi connectivity index (χ2n) is 13.4. The number of alkyl carbamates (subject to hydrolysis) is 1. The standard InChI is InChI=1S/C34H41FN6O8/c1-33(2,3)49-32(46)39-23(15-21-9-11-22(35)12-10-21)31(45)40-30-24-13-14-26(41(24)38-19-37-30)34(18-36)29(44)28(25(17-42)48-34)47-27(43)16-20-7-5-4-6-8-20/h9-14,19-20,23,25,28-29,42,44H,4-8,15-17H2,1-3H3,(H,39,46)(H,37,38,40,45)/t23-,25+,28+,29+,34-/m0/s1. The Morgan fingerprint density at radius 2 is 1.88 bits per heavy atom. The van der Waals surface area contributed by atoms with Gasteiger partial charge in [-0.3, -0.25) is 9.59 Å². The van der Waals surface area contributed by atoms with Crippen LogP contribution in [0, 0.1) is 23.1 Å². The minimum absolute atomic E-state index is 0.00362. The molecule has 1 aliphatic heterocycles. The van der Waals surface area contributed by atoms with Crippen molar-refractivity contribution < 1.29 is 43.2 Å². The molecule has 5 atom stereocenters. The average Bonchev–Trinajstić information content (AvgIpc) is 3.61. The molecule has 1 saturated heterocycles. The van der Waals surface area contributed by atoms with Gasteiger partial charge in [-0.05, 0) is 69.4 Å². The van der Waals surface area contributed by atoms with Gasteiger partial charge in [0.15, 0.2) is 11.9 Å². The van der Waals surface area contributed by atoms with Gasteiger partial charge in [-0.2, -0.15) is 10.4 Å². The third-order valence-corrected chi connectivity index (χ3v) is 8.66. The summed E-state index contributed by atoms with van der Waals surface area (Å²) in [5, 5.41) is 41.4. The Balaban J connectivity index is 1.39. The van der Waals surface area contributed by atoms with E-state index in [0.29, 0.717) is 5.56 Å². The SMILES string of the molecule is CC(C)(C)OC(=O)N[C@@H](Cc1ccc(F)cc1)C(=O)Nc1ncnn2c([C@]3(C#N)O[C@H](CO)[C@@H](OC(=O)CC4CCCCC4)[C@H]3O)ccc12. The van der Waals surface area contributed by atoms with Gasteiger partial charge in [-0.1, -0.05) is 31.4 Å². The monoisotopic (exact) mass is 680 g/mol. The predicted octanol–water partition coefficient (Wildman–Crippen LogP) is 3.30. The van der Waals surface area contributed by atoms with Crippen molar-refractivity contribution in [2.24, 2.45) is 5.92 Å². The van der Waals surface area contributed by atoms with Crippen LogP contribution in [0.4, 0.5) is 15.0 Å². The molecule has 1 saturated carbocycles. The van der Waals surface area contributed by atoms with E-state index in [-0.39, 0.29) is 35.8 Å². The molecule has 0 spiro atoms. The number of carbonyl (C=O) groups excluding carboxylic acids is 3. The van der Waals surface area contributed by atoms with Crippen LogP contribution in [0.5, 0.6) is 0 Å². The highest BCUT2D eigenvalue weighted by Crippen LogP contribution is 2.42. The molecule has 4 N–H and O–H groups in total. The number of aromatic nitrogens is 3. The topological polar surface area (TPSA) is 197 Å². The Kier molecular flexibility index (Phi) is 10.8. The first-order valence-electron chi connectivity index (χ1n) is 16.3. The van der Waals surface area contributed by atoms with E-state index >= 15 is 0 Å². The first-order valence-corrected chi connectivity index (χ1v) is 16.3. The van der Waals surface area contributed by atoms with Crippen LogP contribution < -0.4 is 10.6 Å². The van der Waals surface area contributed by atoms with Crippen molar-refractivity contribution in [3.63, 3.8) is 0 Å². The summed E-state index contributed by atoms with van der Waals surface area (Å²) >= 11 is 0. The lowest BCUT2D eigenvalue weighted by atomic mass is 9.87. The number of nitriles is 1. The highest BCUT2D eigenvalue weighted by Gasteiger charge is 2.59. The molecule has 0 unspecified atom stereocenters. The number of ether oxygens (including phenoxy) is 3. The summed E-state index contributed by atoms with van der Waals surface area (Å²) in [6.07, 6.45) is 1.17. The Morgan fingerprint density at radius 1 is 1.16 bits per heavy atom. The number of rotatable bonds is 10. The fraction of sp³-hybridized carbons (Fsp3) is 0.529. The average molecular weight is 681 g/mol. The van der Waals surface area contributed by atoms with Crippen LogP contribution in [0.3, 0.4) is 0 Å². The molecule has 2 amide bonds. The summed E-state index contributed by atoms with van der Waals surface area (Å²) in [5.41, 5.74) is -2.16. The molecule has 3 aromatic rings. The highest BCUT2D eigenvalue weighted by molar-refractivity contribution is 5.98. The maximum absolute atomic E-state index is 13.6. The van der Waals surface area contributed by atoms with Gasteiger partial charge in [0.2, 0.25) is 11.5 Å². The van der Waals surface area contributed by atoms with Crippen LogP contribution in [0.15, 0.2) is 42.7 Å². The van der Waals surface area contributed by atoms with E-state index in [2.05, 4.69) is 20.7 Å². The number of aliphatic hydroxyl groups is 2. The molecule has 14 nitrogen and oxygen atoms in total. The zero-order chi connectivity index (χ0) is 35.3.